The molecule has 0 heterocycles. The molecule has 0 nitrogen and oxygen atoms in total. The SMILES string of the molecule is CCCCC(CC)C1=C[CH]C=CC1. The van der Waals surface area contributed by atoms with Crippen molar-refractivity contribution in [2.75, 3.05) is 0 Å². The van der Waals surface area contributed by atoms with Crippen molar-refractivity contribution in [3.05, 3.63) is 30.2 Å². The van der Waals surface area contributed by atoms with Crippen LogP contribution in [0.15, 0.2) is 23.8 Å². The Morgan fingerprint density at radius 1 is 1.38 bits per heavy atom. The van der Waals surface area contributed by atoms with E-state index >= 15 is 0 Å². The van der Waals surface area contributed by atoms with Gasteiger partial charge in [0, 0.05) is 6.42 Å². The second-order valence-corrected chi connectivity index (χ2v) is 3.81. The van der Waals surface area contributed by atoms with Gasteiger partial charge in [-0.05, 0) is 25.2 Å². The van der Waals surface area contributed by atoms with Crippen molar-refractivity contribution in [3.63, 3.8) is 0 Å². The van der Waals surface area contributed by atoms with E-state index < -0.39 is 0 Å². The van der Waals surface area contributed by atoms with Gasteiger partial charge in [0.25, 0.3) is 0 Å². The largest absolute Gasteiger partial charge is 0.0838 e. The van der Waals surface area contributed by atoms with Crippen LogP contribution in [0.1, 0.15) is 46.0 Å². The van der Waals surface area contributed by atoms with Crippen LogP contribution in [-0.4, -0.2) is 0 Å². The second-order valence-electron chi connectivity index (χ2n) is 3.81. The van der Waals surface area contributed by atoms with E-state index in [4.69, 9.17) is 0 Å². The van der Waals surface area contributed by atoms with Crippen LogP contribution >= 0.6 is 0 Å². The summed E-state index contributed by atoms with van der Waals surface area (Å²) < 4.78 is 0. The molecule has 1 unspecified atom stereocenters. The average Bonchev–Trinajstić information content (AvgIpc) is 2.21. The smallest absolute Gasteiger partial charge is 0.00472 e. The standard InChI is InChI=1S/C13H21/c1-3-5-9-12(4-2)13-10-7-6-8-11-13/h6-8,10,12H,3-5,9,11H2,1-2H3. The van der Waals surface area contributed by atoms with Crippen LogP contribution in [0.5, 0.6) is 0 Å². The number of unbranched alkanes of at least 4 members (excludes halogenated alkanes) is 1. The van der Waals surface area contributed by atoms with Crippen molar-refractivity contribution < 1.29 is 0 Å². The Morgan fingerprint density at radius 3 is 2.77 bits per heavy atom. The summed E-state index contributed by atoms with van der Waals surface area (Å²) in [4.78, 5) is 0. The predicted octanol–water partition coefficient (Wildman–Crippen LogP) is 4.29. The highest BCUT2D eigenvalue weighted by Crippen LogP contribution is 2.26. The van der Waals surface area contributed by atoms with Gasteiger partial charge in [-0.2, -0.15) is 0 Å². The molecule has 0 aromatic rings. The Hall–Kier alpha value is -0.520. The first kappa shape index (κ1) is 10.6. The van der Waals surface area contributed by atoms with E-state index in [-0.39, 0.29) is 0 Å². The minimum atomic E-state index is 0.834. The molecule has 1 rings (SSSR count). The summed E-state index contributed by atoms with van der Waals surface area (Å²) in [6.45, 7) is 4.58. The Bertz CT molecular complexity index is 186. The first-order valence-corrected chi connectivity index (χ1v) is 5.57. The van der Waals surface area contributed by atoms with Gasteiger partial charge in [-0.3, -0.25) is 0 Å². The zero-order valence-corrected chi connectivity index (χ0v) is 8.92. The highest BCUT2D eigenvalue weighted by Gasteiger charge is 2.11. The van der Waals surface area contributed by atoms with E-state index in [2.05, 4.69) is 38.5 Å². The zero-order valence-electron chi connectivity index (χ0n) is 8.92. The maximum absolute atomic E-state index is 2.31. The molecule has 0 fully saturated rings. The van der Waals surface area contributed by atoms with Crippen molar-refractivity contribution in [3.8, 4) is 0 Å². The second kappa shape index (κ2) is 6.01. The number of rotatable bonds is 5. The number of hydrogen-bond acceptors (Lipinski definition) is 0. The molecule has 0 aliphatic heterocycles. The lowest BCUT2D eigenvalue weighted by molar-refractivity contribution is 0.507. The Balaban J connectivity index is 2.40. The summed E-state index contributed by atoms with van der Waals surface area (Å²) in [5.41, 5.74) is 1.64. The molecule has 13 heavy (non-hydrogen) atoms. The predicted molar refractivity (Wildman–Crippen MR) is 59.4 cm³/mol. The molecule has 0 aromatic heterocycles. The van der Waals surface area contributed by atoms with Crippen molar-refractivity contribution in [2.24, 2.45) is 5.92 Å². The third-order valence-electron chi connectivity index (χ3n) is 2.83. The van der Waals surface area contributed by atoms with Gasteiger partial charge in [0.2, 0.25) is 0 Å². The van der Waals surface area contributed by atoms with Crippen LogP contribution in [0.3, 0.4) is 0 Å². The third kappa shape index (κ3) is 3.38. The summed E-state index contributed by atoms with van der Waals surface area (Å²) in [5, 5.41) is 0. The van der Waals surface area contributed by atoms with Crippen LogP contribution < -0.4 is 0 Å². The topological polar surface area (TPSA) is 0 Å². The molecule has 73 valence electrons. The highest BCUT2D eigenvalue weighted by molar-refractivity contribution is 5.25. The van der Waals surface area contributed by atoms with Gasteiger partial charge in [-0.15, -0.1) is 0 Å². The molecule has 0 N–H and O–H groups in total. The third-order valence-corrected chi connectivity index (χ3v) is 2.83. The summed E-state index contributed by atoms with van der Waals surface area (Å²) in [7, 11) is 0. The highest BCUT2D eigenvalue weighted by atomic mass is 14.2. The molecule has 0 amide bonds. The Morgan fingerprint density at radius 2 is 2.23 bits per heavy atom. The molecular weight excluding hydrogens is 156 g/mol. The maximum Gasteiger partial charge on any atom is 0.00472 e. The fraction of sp³-hybridized carbons (Fsp3) is 0.615. The first-order valence-electron chi connectivity index (χ1n) is 5.57. The van der Waals surface area contributed by atoms with E-state index in [0.29, 0.717) is 0 Å². The quantitative estimate of drug-likeness (QED) is 0.587. The van der Waals surface area contributed by atoms with Gasteiger partial charge >= 0.3 is 0 Å². The lowest BCUT2D eigenvalue weighted by Crippen LogP contribution is -2.04. The fourth-order valence-electron chi connectivity index (χ4n) is 1.93. The maximum atomic E-state index is 2.31. The molecule has 0 bridgehead atoms. The summed E-state index contributed by atoms with van der Waals surface area (Å²) >= 11 is 0. The van der Waals surface area contributed by atoms with E-state index in [1.807, 2.05) is 0 Å². The average molecular weight is 177 g/mol. The minimum Gasteiger partial charge on any atom is -0.0838 e. The van der Waals surface area contributed by atoms with Gasteiger partial charge in [-0.1, -0.05) is 50.5 Å². The lowest BCUT2D eigenvalue weighted by atomic mass is 9.87. The van der Waals surface area contributed by atoms with Crippen LogP contribution in [0.2, 0.25) is 0 Å². The van der Waals surface area contributed by atoms with Crippen LogP contribution in [0.25, 0.3) is 0 Å². The molecule has 1 aliphatic carbocycles. The molecule has 0 saturated heterocycles. The van der Waals surface area contributed by atoms with Gasteiger partial charge < -0.3 is 0 Å². The summed E-state index contributed by atoms with van der Waals surface area (Å²) in [5.74, 6) is 0.834. The van der Waals surface area contributed by atoms with Gasteiger partial charge in [0.05, 0.1) is 0 Å². The van der Waals surface area contributed by atoms with Crippen LogP contribution in [0, 0.1) is 12.3 Å². The normalized spacial score (nSPS) is 18.5. The van der Waals surface area contributed by atoms with E-state index in [0.717, 1.165) is 5.92 Å². The van der Waals surface area contributed by atoms with Gasteiger partial charge in [0.15, 0.2) is 0 Å². The number of hydrogen-bond donors (Lipinski definition) is 0. The summed E-state index contributed by atoms with van der Waals surface area (Å²) in [6, 6.07) is 0. The molecule has 1 radical (unpaired) electrons. The monoisotopic (exact) mass is 177 g/mol. The van der Waals surface area contributed by atoms with Crippen molar-refractivity contribution in [1.29, 1.82) is 0 Å². The van der Waals surface area contributed by atoms with Gasteiger partial charge in [0.1, 0.15) is 0 Å². The van der Waals surface area contributed by atoms with Crippen molar-refractivity contribution in [1.82, 2.24) is 0 Å². The minimum absolute atomic E-state index is 0.834. The Kier molecular flexibility index (Phi) is 4.88. The number of allylic oxidation sites excluding steroid dienone is 4. The Labute approximate surface area is 82.7 Å². The molecule has 0 aromatic carbocycles. The van der Waals surface area contributed by atoms with Crippen LogP contribution in [0.4, 0.5) is 0 Å². The van der Waals surface area contributed by atoms with Crippen molar-refractivity contribution in [2.45, 2.75) is 46.0 Å². The zero-order chi connectivity index (χ0) is 9.52. The fourth-order valence-corrected chi connectivity index (χ4v) is 1.93. The van der Waals surface area contributed by atoms with Crippen molar-refractivity contribution >= 4 is 0 Å². The molecule has 1 atom stereocenters. The molecule has 1 aliphatic rings. The summed E-state index contributed by atoms with van der Waals surface area (Å²) in [6.07, 6.45) is 15.5. The molecule has 0 heteroatoms. The van der Waals surface area contributed by atoms with E-state index in [9.17, 15) is 0 Å². The first-order chi connectivity index (χ1) is 6.38. The van der Waals surface area contributed by atoms with E-state index in [1.165, 1.54) is 32.1 Å². The molecular formula is C13H21. The van der Waals surface area contributed by atoms with Crippen LogP contribution in [-0.2, 0) is 0 Å². The van der Waals surface area contributed by atoms with Gasteiger partial charge in [-0.25, -0.2) is 0 Å². The lowest BCUT2D eigenvalue weighted by Gasteiger charge is -2.19. The van der Waals surface area contributed by atoms with E-state index in [1.54, 1.807) is 5.57 Å². The molecule has 0 saturated carbocycles. The molecule has 0 spiro atoms.